The second-order valence-corrected chi connectivity index (χ2v) is 3.18. The Labute approximate surface area is 72.0 Å². The molecule has 0 N–H and O–H groups in total. The number of rotatable bonds is 5. The molecule has 0 spiro atoms. The summed E-state index contributed by atoms with van der Waals surface area (Å²) in [6.45, 7) is 7.87. The minimum Gasteiger partial charge on any atom is -0.462 e. The average Bonchev–Trinajstić information content (AvgIpc) is 2.00. The molecule has 0 aliphatic rings. The van der Waals surface area contributed by atoms with E-state index >= 15 is 0 Å². The molecule has 3 heteroatoms. The minimum absolute atomic E-state index is 0.286. The van der Waals surface area contributed by atoms with Crippen molar-refractivity contribution in [3.05, 3.63) is 11.5 Å². The van der Waals surface area contributed by atoms with Crippen molar-refractivity contribution >= 4 is 17.7 Å². The van der Waals surface area contributed by atoms with Gasteiger partial charge in [0.1, 0.15) is 0 Å². The van der Waals surface area contributed by atoms with Gasteiger partial charge in [-0.05, 0) is 19.1 Å². The number of hydrogen-bond donors (Lipinski definition) is 0. The Morgan fingerprint density at radius 2 is 2.18 bits per heavy atom. The average molecular weight is 174 g/mol. The van der Waals surface area contributed by atoms with E-state index in [1.54, 1.807) is 6.92 Å². The SMILES string of the molecule is C=C(SCCC)C(=O)OCC. The second kappa shape index (κ2) is 6.28. The summed E-state index contributed by atoms with van der Waals surface area (Å²) >= 11 is 1.46. The molecule has 0 saturated heterocycles. The first-order valence-electron chi connectivity index (χ1n) is 3.71. The number of ether oxygens (including phenoxy) is 1. The zero-order valence-electron chi connectivity index (χ0n) is 7.05. The maximum atomic E-state index is 10.9. The summed E-state index contributed by atoms with van der Waals surface area (Å²) in [6, 6.07) is 0. The van der Waals surface area contributed by atoms with Crippen molar-refractivity contribution in [2.24, 2.45) is 0 Å². The van der Waals surface area contributed by atoms with Crippen molar-refractivity contribution in [1.29, 1.82) is 0 Å². The number of esters is 1. The fourth-order valence-electron chi connectivity index (χ4n) is 0.496. The lowest BCUT2D eigenvalue weighted by atomic mass is 10.6. The predicted octanol–water partition coefficient (Wildman–Crippen LogP) is 2.21. The third kappa shape index (κ3) is 4.90. The van der Waals surface area contributed by atoms with Gasteiger partial charge in [-0.2, -0.15) is 0 Å². The number of thioether (sulfide) groups is 1. The van der Waals surface area contributed by atoms with Crippen LogP contribution in [-0.4, -0.2) is 18.3 Å². The van der Waals surface area contributed by atoms with E-state index in [0.717, 1.165) is 12.2 Å². The summed E-state index contributed by atoms with van der Waals surface area (Å²) < 4.78 is 4.74. The van der Waals surface area contributed by atoms with Crippen molar-refractivity contribution in [3.63, 3.8) is 0 Å². The van der Waals surface area contributed by atoms with E-state index in [-0.39, 0.29) is 5.97 Å². The number of carbonyl (C=O) groups excluding carboxylic acids is 1. The third-order valence-corrected chi connectivity index (χ3v) is 2.11. The molecule has 0 amide bonds. The summed E-state index contributed by atoms with van der Waals surface area (Å²) in [4.78, 5) is 11.4. The zero-order valence-corrected chi connectivity index (χ0v) is 7.87. The van der Waals surface area contributed by atoms with E-state index in [9.17, 15) is 4.79 Å². The second-order valence-electron chi connectivity index (χ2n) is 1.99. The van der Waals surface area contributed by atoms with Gasteiger partial charge in [0.25, 0.3) is 0 Å². The van der Waals surface area contributed by atoms with Gasteiger partial charge in [-0.1, -0.05) is 13.5 Å². The van der Waals surface area contributed by atoms with E-state index in [4.69, 9.17) is 4.74 Å². The highest BCUT2D eigenvalue weighted by Gasteiger charge is 2.06. The zero-order chi connectivity index (χ0) is 8.69. The fourth-order valence-corrected chi connectivity index (χ4v) is 1.12. The van der Waals surface area contributed by atoms with Crippen molar-refractivity contribution in [1.82, 2.24) is 0 Å². The van der Waals surface area contributed by atoms with Crippen molar-refractivity contribution in [3.8, 4) is 0 Å². The van der Waals surface area contributed by atoms with Crippen LogP contribution in [0.4, 0.5) is 0 Å². The lowest BCUT2D eigenvalue weighted by molar-refractivity contribution is -0.137. The maximum absolute atomic E-state index is 10.9. The van der Waals surface area contributed by atoms with Gasteiger partial charge in [-0.25, -0.2) is 4.79 Å². The Bertz CT molecular complexity index is 143. The van der Waals surface area contributed by atoms with Crippen LogP contribution in [0.2, 0.25) is 0 Å². The molecular formula is C8H14O2S. The van der Waals surface area contributed by atoms with Gasteiger partial charge in [-0.3, -0.25) is 0 Å². The van der Waals surface area contributed by atoms with Gasteiger partial charge < -0.3 is 4.74 Å². The Hall–Kier alpha value is -0.440. The van der Waals surface area contributed by atoms with Gasteiger partial charge in [0.2, 0.25) is 0 Å². The molecule has 0 aliphatic carbocycles. The van der Waals surface area contributed by atoms with Gasteiger partial charge in [0.15, 0.2) is 0 Å². The molecule has 11 heavy (non-hydrogen) atoms. The van der Waals surface area contributed by atoms with Crippen LogP contribution in [0, 0.1) is 0 Å². The molecule has 2 nitrogen and oxygen atoms in total. The highest BCUT2D eigenvalue weighted by Crippen LogP contribution is 2.15. The standard InChI is InChI=1S/C8H14O2S/c1-4-6-11-7(3)8(9)10-5-2/h3-6H2,1-2H3. The van der Waals surface area contributed by atoms with Crippen LogP contribution in [0.5, 0.6) is 0 Å². The van der Waals surface area contributed by atoms with Crippen LogP contribution < -0.4 is 0 Å². The van der Waals surface area contributed by atoms with E-state index in [2.05, 4.69) is 13.5 Å². The summed E-state index contributed by atoms with van der Waals surface area (Å²) in [5, 5.41) is 0. The lowest BCUT2D eigenvalue weighted by Crippen LogP contribution is -2.04. The Kier molecular flexibility index (Phi) is 6.03. The summed E-state index contributed by atoms with van der Waals surface area (Å²) in [5.41, 5.74) is 0. The van der Waals surface area contributed by atoms with Gasteiger partial charge in [0.05, 0.1) is 11.5 Å². The van der Waals surface area contributed by atoms with E-state index in [1.807, 2.05) is 0 Å². The lowest BCUT2D eigenvalue weighted by Gasteiger charge is -2.02. The molecule has 0 radical (unpaired) electrons. The van der Waals surface area contributed by atoms with Crippen molar-refractivity contribution in [2.75, 3.05) is 12.4 Å². The molecule has 0 aromatic heterocycles. The molecular weight excluding hydrogens is 160 g/mol. The largest absolute Gasteiger partial charge is 0.462 e. The summed E-state index contributed by atoms with van der Waals surface area (Å²) in [6.07, 6.45) is 1.04. The molecule has 0 rings (SSSR count). The topological polar surface area (TPSA) is 26.3 Å². The van der Waals surface area contributed by atoms with Crippen LogP contribution in [0.15, 0.2) is 11.5 Å². The molecule has 0 aromatic carbocycles. The first-order chi connectivity index (χ1) is 5.22. The summed E-state index contributed by atoms with van der Waals surface area (Å²) in [5.74, 6) is 0.642. The van der Waals surface area contributed by atoms with Crippen molar-refractivity contribution in [2.45, 2.75) is 20.3 Å². The molecule has 0 bridgehead atoms. The first-order valence-corrected chi connectivity index (χ1v) is 4.69. The Morgan fingerprint density at radius 3 is 2.64 bits per heavy atom. The Balaban J connectivity index is 3.56. The quantitative estimate of drug-likeness (QED) is 0.472. The molecule has 0 unspecified atom stereocenters. The van der Waals surface area contributed by atoms with E-state index in [1.165, 1.54) is 11.8 Å². The number of carbonyl (C=O) groups is 1. The fraction of sp³-hybridized carbons (Fsp3) is 0.625. The minimum atomic E-state index is -0.286. The molecule has 64 valence electrons. The predicted molar refractivity (Wildman–Crippen MR) is 48.5 cm³/mol. The molecule has 0 aromatic rings. The first kappa shape index (κ1) is 10.6. The molecule has 0 fully saturated rings. The molecule has 0 saturated carbocycles. The van der Waals surface area contributed by atoms with Crippen LogP contribution >= 0.6 is 11.8 Å². The van der Waals surface area contributed by atoms with Crippen LogP contribution in [0.3, 0.4) is 0 Å². The maximum Gasteiger partial charge on any atom is 0.343 e. The normalized spacial score (nSPS) is 9.27. The smallest absolute Gasteiger partial charge is 0.343 e. The van der Waals surface area contributed by atoms with Gasteiger partial charge in [0, 0.05) is 0 Å². The molecule has 0 atom stereocenters. The van der Waals surface area contributed by atoms with Crippen LogP contribution in [0.25, 0.3) is 0 Å². The van der Waals surface area contributed by atoms with Crippen LogP contribution in [-0.2, 0) is 9.53 Å². The Morgan fingerprint density at radius 1 is 1.55 bits per heavy atom. The highest BCUT2D eigenvalue weighted by atomic mass is 32.2. The third-order valence-electron chi connectivity index (χ3n) is 0.984. The van der Waals surface area contributed by atoms with E-state index < -0.39 is 0 Å². The highest BCUT2D eigenvalue weighted by molar-refractivity contribution is 8.03. The summed E-state index contributed by atoms with van der Waals surface area (Å²) in [7, 11) is 0. The molecule has 0 aliphatic heterocycles. The van der Waals surface area contributed by atoms with Gasteiger partial charge in [-0.15, -0.1) is 11.8 Å². The van der Waals surface area contributed by atoms with E-state index in [0.29, 0.717) is 11.5 Å². The van der Waals surface area contributed by atoms with Gasteiger partial charge >= 0.3 is 5.97 Å². The van der Waals surface area contributed by atoms with Crippen molar-refractivity contribution < 1.29 is 9.53 Å². The molecule has 0 heterocycles. The van der Waals surface area contributed by atoms with Crippen LogP contribution in [0.1, 0.15) is 20.3 Å². The number of hydrogen-bond acceptors (Lipinski definition) is 3. The monoisotopic (exact) mass is 174 g/mol.